The number of amides is 1. The Morgan fingerprint density at radius 3 is 2.70 bits per heavy atom. The zero-order chi connectivity index (χ0) is 17.0. The maximum absolute atomic E-state index is 12.3. The zero-order valence-corrected chi connectivity index (χ0v) is 15.4. The molecule has 0 bridgehead atoms. The Morgan fingerprint density at radius 2 is 2.09 bits per heavy atom. The van der Waals surface area contributed by atoms with E-state index in [4.69, 9.17) is 0 Å². The zero-order valence-electron chi connectivity index (χ0n) is 14.6. The summed E-state index contributed by atoms with van der Waals surface area (Å²) in [5.41, 5.74) is 1.11. The molecule has 1 amide bonds. The van der Waals surface area contributed by atoms with Crippen LogP contribution >= 0.6 is 11.3 Å². The van der Waals surface area contributed by atoms with Crippen LogP contribution in [0.15, 0.2) is 12.4 Å². The summed E-state index contributed by atoms with van der Waals surface area (Å²) in [7, 11) is 0. The third-order valence-corrected chi connectivity index (χ3v) is 5.08. The van der Waals surface area contributed by atoms with Gasteiger partial charge in [0.15, 0.2) is 0 Å². The average Bonchev–Trinajstić information content (AvgIpc) is 3.10. The Hall–Kier alpha value is -1.69. The van der Waals surface area contributed by atoms with Crippen LogP contribution in [0.5, 0.6) is 0 Å². The molecule has 0 aliphatic carbocycles. The second-order valence-electron chi connectivity index (χ2n) is 6.17. The number of nitrogens with one attached hydrogen (secondary N) is 1. The molecule has 2 rings (SSSR count). The standard InChI is InChI=1S/C17H26N4OS/c1-11(2)16-18-9-10-21(16)13(4)17(22)19-8-6-7-15-20-12(3)14(5)23-15/h9-11,13H,6-8H2,1-5H3,(H,19,22)/t13-/m1/s1. The van der Waals surface area contributed by atoms with Crippen LogP contribution in [0.3, 0.4) is 0 Å². The molecule has 5 nitrogen and oxygen atoms in total. The molecule has 6 heteroatoms. The van der Waals surface area contributed by atoms with Crippen LogP contribution < -0.4 is 5.32 Å². The van der Waals surface area contributed by atoms with Gasteiger partial charge in [0.2, 0.25) is 5.91 Å². The molecule has 0 aromatic carbocycles. The van der Waals surface area contributed by atoms with Crippen LogP contribution in [-0.2, 0) is 11.2 Å². The molecule has 0 spiro atoms. The highest BCUT2D eigenvalue weighted by molar-refractivity contribution is 7.11. The number of aryl methyl sites for hydroxylation is 3. The van der Waals surface area contributed by atoms with Crippen molar-refractivity contribution in [2.24, 2.45) is 0 Å². The number of thiazole rings is 1. The molecule has 2 aromatic heterocycles. The van der Waals surface area contributed by atoms with Crippen molar-refractivity contribution in [3.8, 4) is 0 Å². The highest BCUT2D eigenvalue weighted by Crippen LogP contribution is 2.18. The molecule has 126 valence electrons. The van der Waals surface area contributed by atoms with E-state index in [0.717, 1.165) is 29.4 Å². The fourth-order valence-electron chi connectivity index (χ4n) is 2.47. The fraction of sp³-hybridized carbons (Fsp3) is 0.588. The first kappa shape index (κ1) is 17.7. The minimum absolute atomic E-state index is 0.0383. The monoisotopic (exact) mass is 334 g/mol. The smallest absolute Gasteiger partial charge is 0.242 e. The average molecular weight is 334 g/mol. The van der Waals surface area contributed by atoms with E-state index in [1.54, 1.807) is 17.5 Å². The summed E-state index contributed by atoms with van der Waals surface area (Å²) in [6.07, 6.45) is 5.45. The Bertz CT molecular complexity index is 640. The van der Waals surface area contributed by atoms with Crippen LogP contribution in [0.2, 0.25) is 0 Å². The summed E-state index contributed by atoms with van der Waals surface area (Å²) in [4.78, 5) is 22.5. The van der Waals surface area contributed by atoms with Crippen molar-refractivity contribution in [2.45, 2.75) is 59.4 Å². The lowest BCUT2D eigenvalue weighted by atomic mass is 10.2. The number of rotatable bonds is 7. The molecule has 0 radical (unpaired) electrons. The number of imidazole rings is 1. The molecular weight excluding hydrogens is 308 g/mol. The number of carbonyl (C=O) groups is 1. The SMILES string of the molecule is Cc1nc(CCCNC(=O)[C@@H](C)n2ccnc2C(C)C)sc1C. The molecule has 2 heterocycles. The van der Waals surface area contributed by atoms with Crippen molar-refractivity contribution >= 4 is 17.2 Å². The first-order chi connectivity index (χ1) is 10.9. The van der Waals surface area contributed by atoms with E-state index in [1.807, 2.05) is 24.6 Å². The minimum Gasteiger partial charge on any atom is -0.354 e. The van der Waals surface area contributed by atoms with Crippen molar-refractivity contribution in [3.63, 3.8) is 0 Å². The van der Waals surface area contributed by atoms with Gasteiger partial charge in [-0.05, 0) is 27.2 Å². The number of hydrogen-bond donors (Lipinski definition) is 1. The van der Waals surface area contributed by atoms with E-state index in [1.165, 1.54) is 4.88 Å². The van der Waals surface area contributed by atoms with Gasteiger partial charge in [-0.25, -0.2) is 9.97 Å². The van der Waals surface area contributed by atoms with Gasteiger partial charge in [-0.3, -0.25) is 4.79 Å². The van der Waals surface area contributed by atoms with Gasteiger partial charge in [0.1, 0.15) is 11.9 Å². The van der Waals surface area contributed by atoms with E-state index in [9.17, 15) is 4.79 Å². The third-order valence-electron chi connectivity index (χ3n) is 3.95. The Morgan fingerprint density at radius 1 is 1.35 bits per heavy atom. The van der Waals surface area contributed by atoms with E-state index in [2.05, 4.69) is 36.1 Å². The van der Waals surface area contributed by atoms with Crippen LogP contribution in [0.1, 0.15) is 60.6 Å². The Kier molecular flexibility index (Phi) is 5.93. The number of nitrogens with zero attached hydrogens (tertiary/aromatic N) is 3. The lowest BCUT2D eigenvalue weighted by molar-refractivity contribution is -0.123. The molecular formula is C17H26N4OS. The first-order valence-electron chi connectivity index (χ1n) is 8.13. The maximum Gasteiger partial charge on any atom is 0.242 e. The summed E-state index contributed by atoms with van der Waals surface area (Å²) in [5, 5.41) is 4.17. The molecule has 2 aromatic rings. The largest absolute Gasteiger partial charge is 0.354 e. The van der Waals surface area contributed by atoms with Gasteiger partial charge in [-0.1, -0.05) is 13.8 Å². The van der Waals surface area contributed by atoms with E-state index in [-0.39, 0.29) is 11.9 Å². The van der Waals surface area contributed by atoms with Crippen molar-refractivity contribution in [3.05, 3.63) is 33.8 Å². The van der Waals surface area contributed by atoms with Gasteiger partial charge in [0.25, 0.3) is 0 Å². The summed E-state index contributed by atoms with van der Waals surface area (Å²) < 4.78 is 1.95. The van der Waals surface area contributed by atoms with Gasteiger partial charge in [-0.2, -0.15) is 0 Å². The van der Waals surface area contributed by atoms with Crippen molar-refractivity contribution in [1.82, 2.24) is 19.9 Å². The van der Waals surface area contributed by atoms with Crippen molar-refractivity contribution in [2.75, 3.05) is 6.54 Å². The topological polar surface area (TPSA) is 59.8 Å². The normalized spacial score (nSPS) is 12.6. The molecule has 23 heavy (non-hydrogen) atoms. The second-order valence-corrected chi connectivity index (χ2v) is 7.45. The maximum atomic E-state index is 12.3. The predicted octanol–water partition coefficient (Wildman–Crippen LogP) is 3.39. The van der Waals surface area contributed by atoms with Gasteiger partial charge >= 0.3 is 0 Å². The van der Waals surface area contributed by atoms with Crippen LogP contribution in [0, 0.1) is 13.8 Å². The highest BCUT2D eigenvalue weighted by Gasteiger charge is 2.18. The van der Waals surface area contributed by atoms with E-state index < -0.39 is 0 Å². The lowest BCUT2D eigenvalue weighted by Crippen LogP contribution is -2.32. The van der Waals surface area contributed by atoms with Gasteiger partial charge in [0.05, 0.1) is 10.7 Å². The summed E-state index contributed by atoms with van der Waals surface area (Å²) in [6.45, 7) is 10.9. The molecule has 0 saturated heterocycles. The Labute approximate surface area is 142 Å². The number of hydrogen-bond acceptors (Lipinski definition) is 4. The lowest BCUT2D eigenvalue weighted by Gasteiger charge is -2.17. The summed E-state index contributed by atoms with van der Waals surface area (Å²) in [6, 6.07) is -0.237. The molecule has 0 fully saturated rings. The molecule has 0 saturated carbocycles. The minimum atomic E-state index is -0.237. The fourth-order valence-corrected chi connectivity index (χ4v) is 3.45. The molecule has 0 unspecified atom stereocenters. The van der Waals surface area contributed by atoms with Gasteiger partial charge in [0, 0.05) is 36.2 Å². The van der Waals surface area contributed by atoms with Gasteiger partial charge in [-0.15, -0.1) is 11.3 Å². The van der Waals surface area contributed by atoms with Crippen LogP contribution in [-0.4, -0.2) is 27.0 Å². The molecule has 0 aliphatic heterocycles. The Balaban J connectivity index is 1.81. The second kappa shape index (κ2) is 7.73. The van der Waals surface area contributed by atoms with E-state index >= 15 is 0 Å². The summed E-state index contributed by atoms with van der Waals surface area (Å²) in [5.74, 6) is 1.29. The van der Waals surface area contributed by atoms with Crippen molar-refractivity contribution < 1.29 is 4.79 Å². The molecule has 0 aliphatic rings. The number of carbonyl (C=O) groups excluding carboxylic acids is 1. The summed E-state index contributed by atoms with van der Waals surface area (Å²) >= 11 is 1.75. The predicted molar refractivity (Wildman–Crippen MR) is 93.9 cm³/mol. The highest BCUT2D eigenvalue weighted by atomic mass is 32.1. The quantitative estimate of drug-likeness (QED) is 0.790. The third kappa shape index (κ3) is 4.41. The van der Waals surface area contributed by atoms with Crippen LogP contribution in [0.25, 0.3) is 0 Å². The van der Waals surface area contributed by atoms with Gasteiger partial charge < -0.3 is 9.88 Å². The van der Waals surface area contributed by atoms with Crippen LogP contribution in [0.4, 0.5) is 0 Å². The molecule has 1 N–H and O–H groups in total. The van der Waals surface area contributed by atoms with E-state index in [0.29, 0.717) is 12.5 Å². The molecule has 1 atom stereocenters. The van der Waals surface area contributed by atoms with Crippen molar-refractivity contribution in [1.29, 1.82) is 0 Å². The number of aromatic nitrogens is 3. The first-order valence-corrected chi connectivity index (χ1v) is 8.95.